The number of anilines is 1. The molecule has 1 heterocycles. The summed E-state index contributed by atoms with van der Waals surface area (Å²) in [6.45, 7) is 3.77. The Hall–Kier alpha value is -1.32. The first-order valence-electron chi connectivity index (χ1n) is 5.16. The van der Waals surface area contributed by atoms with Crippen molar-refractivity contribution in [2.24, 2.45) is 0 Å². The molecule has 0 unspecified atom stereocenters. The van der Waals surface area contributed by atoms with Gasteiger partial charge in [0, 0.05) is 11.3 Å². The van der Waals surface area contributed by atoms with E-state index in [0.717, 1.165) is 11.1 Å². The van der Waals surface area contributed by atoms with Gasteiger partial charge in [-0.05, 0) is 49.2 Å². The van der Waals surface area contributed by atoms with E-state index in [1.54, 1.807) is 18.2 Å². The Bertz CT molecular complexity index is 570. The number of carbonyl (C=O) groups is 1. The number of halogens is 1. The van der Waals surface area contributed by atoms with Crippen molar-refractivity contribution >= 4 is 34.4 Å². The smallest absolute Gasteiger partial charge is 0.203 e. The minimum absolute atomic E-state index is 0.00231. The fourth-order valence-corrected chi connectivity index (χ4v) is 2.80. The Morgan fingerprint density at radius 1 is 1.24 bits per heavy atom. The predicted molar refractivity (Wildman–Crippen MR) is 73.1 cm³/mol. The molecule has 0 aliphatic rings. The number of carbonyl (C=O) groups excluding carboxylic acids is 1. The van der Waals surface area contributed by atoms with Crippen LogP contribution in [0, 0.1) is 13.8 Å². The third-order valence-electron chi connectivity index (χ3n) is 2.58. The third-order valence-corrected chi connectivity index (χ3v) is 4.13. The standard InChI is InChI=1S/C13H12ClNOS/c1-7-5-9(15)3-4-10(7)12(16)11-6-8(2)13(14)17-11/h3-6H,15H2,1-2H3. The second kappa shape index (κ2) is 4.51. The minimum atomic E-state index is 0.00231. The average Bonchev–Trinajstić information content (AvgIpc) is 2.58. The molecule has 1 aromatic carbocycles. The van der Waals surface area contributed by atoms with Crippen LogP contribution in [0.25, 0.3) is 0 Å². The summed E-state index contributed by atoms with van der Waals surface area (Å²) in [5.74, 6) is 0.00231. The van der Waals surface area contributed by atoms with E-state index in [1.807, 2.05) is 19.9 Å². The molecule has 4 heteroatoms. The first-order chi connectivity index (χ1) is 7.99. The Labute approximate surface area is 109 Å². The number of aryl methyl sites for hydroxylation is 2. The van der Waals surface area contributed by atoms with Crippen LogP contribution >= 0.6 is 22.9 Å². The lowest BCUT2D eigenvalue weighted by molar-refractivity contribution is 0.104. The van der Waals surface area contributed by atoms with Crippen molar-refractivity contribution in [1.29, 1.82) is 0 Å². The quantitative estimate of drug-likeness (QED) is 0.662. The molecular weight excluding hydrogens is 254 g/mol. The zero-order chi connectivity index (χ0) is 12.6. The van der Waals surface area contributed by atoms with E-state index in [1.165, 1.54) is 11.3 Å². The van der Waals surface area contributed by atoms with Crippen LogP contribution in [-0.2, 0) is 0 Å². The van der Waals surface area contributed by atoms with E-state index in [9.17, 15) is 4.79 Å². The zero-order valence-electron chi connectivity index (χ0n) is 9.58. The lowest BCUT2D eigenvalue weighted by Gasteiger charge is -2.04. The molecule has 0 fully saturated rings. The number of nitrogen functional groups attached to an aromatic ring is 1. The second-order valence-electron chi connectivity index (χ2n) is 3.97. The topological polar surface area (TPSA) is 43.1 Å². The fraction of sp³-hybridized carbons (Fsp3) is 0.154. The van der Waals surface area contributed by atoms with Crippen LogP contribution < -0.4 is 5.73 Å². The molecule has 0 aliphatic heterocycles. The summed E-state index contributed by atoms with van der Waals surface area (Å²) in [6, 6.07) is 7.12. The highest BCUT2D eigenvalue weighted by atomic mass is 35.5. The summed E-state index contributed by atoms with van der Waals surface area (Å²) < 4.78 is 0.668. The molecule has 2 nitrogen and oxygen atoms in total. The molecule has 88 valence electrons. The van der Waals surface area contributed by atoms with Gasteiger partial charge in [-0.3, -0.25) is 4.79 Å². The van der Waals surface area contributed by atoms with Crippen LogP contribution in [0.5, 0.6) is 0 Å². The SMILES string of the molecule is Cc1cc(N)ccc1C(=O)c1cc(C)c(Cl)s1. The first-order valence-corrected chi connectivity index (χ1v) is 6.35. The summed E-state index contributed by atoms with van der Waals surface area (Å²) in [4.78, 5) is 12.9. The van der Waals surface area contributed by atoms with E-state index >= 15 is 0 Å². The summed E-state index contributed by atoms with van der Waals surface area (Å²) in [6.07, 6.45) is 0. The van der Waals surface area contributed by atoms with Crippen molar-refractivity contribution in [3.8, 4) is 0 Å². The highest BCUT2D eigenvalue weighted by Gasteiger charge is 2.15. The molecule has 0 aliphatic carbocycles. The number of hydrogen-bond acceptors (Lipinski definition) is 3. The number of hydrogen-bond donors (Lipinski definition) is 1. The largest absolute Gasteiger partial charge is 0.399 e. The number of benzene rings is 1. The number of nitrogens with two attached hydrogens (primary N) is 1. The molecule has 0 atom stereocenters. The molecule has 2 aromatic rings. The van der Waals surface area contributed by atoms with Gasteiger partial charge in [-0.2, -0.15) is 0 Å². The Morgan fingerprint density at radius 2 is 1.94 bits per heavy atom. The monoisotopic (exact) mass is 265 g/mol. The maximum absolute atomic E-state index is 12.3. The van der Waals surface area contributed by atoms with E-state index < -0.39 is 0 Å². The van der Waals surface area contributed by atoms with Crippen molar-refractivity contribution in [3.05, 3.63) is 50.2 Å². The average molecular weight is 266 g/mol. The fourth-order valence-electron chi connectivity index (χ4n) is 1.65. The van der Waals surface area contributed by atoms with Gasteiger partial charge in [0.05, 0.1) is 9.21 Å². The highest BCUT2D eigenvalue weighted by Crippen LogP contribution is 2.29. The zero-order valence-corrected chi connectivity index (χ0v) is 11.2. The summed E-state index contributed by atoms with van der Waals surface area (Å²) >= 11 is 7.29. The van der Waals surface area contributed by atoms with Crippen molar-refractivity contribution in [2.45, 2.75) is 13.8 Å². The van der Waals surface area contributed by atoms with Gasteiger partial charge in [-0.15, -0.1) is 11.3 Å². The van der Waals surface area contributed by atoms with Crippen LogP contribution in [0.2, 0.25) is 4.34 Å². The molecule has 0 saturated heterocycles. The van der Waals surface area contributed by atoms with Gasteiger partial charge in [0.15, 0.2) is 0 Å². The summed E-state index contributed by atoms with van der Waals surface area (Å²) in [7, 11) is 0. The third kappa shape index (κ3) is 2.35. The molecule has 0 saturated carbocycles. The van der Waals surface area contributed by atoms with Crippen molar-refractivity contribution in [3.63, 3.8) is 0 Å². The minimum Gasteiger partial charge on any atom is -0.399 e. The lowest BCUT2D eigenvalue weighted by Crippen LogP contribution is -2.02. The van der Waals surface area contributed by atoms with Gasteiger partial charge in [0.2, 0.25) is 5.78 Å². The van der Waals surface area contributed by atoms with Crippen molar-refractivity contribution < 1.29 is 4.79 Å². The second-order valence-corrected chi connectivity index (χ2v) is 5.63. The van der Waals surface area contributed by atoms with Gasteiger partial charge in [0.25, 0.3) is 0 Å². The Kier molecular flexibility index (Phi) is 3.22. The van der Waals surface area contributed by atoms with Crippen LogP contribution in [0.15, 0.2) is 24.3 Å². The molecule has 2 rings (SSSR count). The Balaban J connectivity index is 2.43. The van der Waals surface area contributed by atoms with Crippen LogP contribution in [0.3, 0.4) is 0 Å². The van der Waals surface area contributed by atoms with E-state index in [0.29, 0.717) is 20.5 Å². The molecule has 0 amide bonds. The van der Waals surface area contributed by atoms with Gasteiger partial charge in [-0.25, -0.2) is 0 Å². The molecule has 2 N–H and O–H groups in total. The van der Waals surface area contributed by atoms with Gasteiger partial charge in [-0.1, -0.05) is 11.6 Å². The van der Waals surface area contributed by atoms with Crippen molar-refractivity contribution in [1.82, 2.24) is 0 Å². The molecule has 0 radical (unpaired) electrons. The summed E-state index contributed by atoms with van der Waals surface area (Å²) in [5.41, 5.74) is 8.83. The molecule has 1 aromatic heterocycles. The van der Waals surface area contributed by atoms with Crippen LogP contribution in [0.4, 0.5) is 5.69 Å². The van der Waals surface area contributed by atoms with Gasteiger partial charge < -0.3 is 5.73 Å². The number of rotatable bonds is 2. The number of ketones is 1. The first kappa shape index (κ1) is 12.1. The molecular formula is C13H12ClNOS. The van der Waals surface area contributed by atoms with Crippen LogP contribution in [0.1, 0.15) is 26.4 Å². The summed E-state index contributed by atoms with van der Waals surface area (Å²) in [5, 5.41) is 0. The molecule has 0 bridgehead atoms. The normalized spacial score (nSPS) is 10.5. The maximum atomic E-state index is 12.3. The molecule has 17 heavy (non-hydrogen) atoms. The maximum Gasteiger partial charge on any atom is 0.203 e. The highest BCUT2D eigenvalue weighted by molar-refractivity contribution is 7.18. The predicted octanol–water partition coefficient (Wildman–Crippen LogP) is 3.83. The van der Waals surface area contributed by atoms with E-state index in [4.69, 9.17) is 17.3 Å². The van der Waals surface area contributed by atoms with Crippen molar-refractivity contribution in [2.75, 3.05) is 5.73 Å². The number of thiophene rings is 1. The Morgan fingerprint density at radius 3 is 2.47 bits per heavy atom. The van der Waals surface area contributed by atoms with Gasteiger partial charge in [0.1, 0.15) is 0 Å². The van der Waals surface area contributed by atoms with Crippen LogP contribution in [-0.4, -0.2) is 5.78 Å². The van der Waals surface area contributed by atoms with Gasteiger partial charge >= 0.3 is 0 Å². The van der Waals surface area contributed by atoms with E-state index in [2.05, 4.69) is 0 Å². The van der Waals surface area contributed by atoms with E-state index in [-0.39, 0.29) is 5.78 Å². The lowest BCUT2D eigenvalue weighted by atomic mass is 10.0. The molecule has 0 spiro atoms.